The summed E-state index contributed by atoms with van der Waals surface area (Å²) in [6.07, 6.45) is 5.82. The molecular formula is C23H24Cl2N4O3S. The molecule has 0 bridgehead atoms. The summed E-state index contributed by atoms with van der Waals surface area (Å²) in [6, 6.07) is 10.6. The van der Waals surface area contributed by atoms with Gasteiger partial charge in [0.2, 0.25) is 10.0 Å². The average Bonchev–Trinajstić information content (AvgIpc) is 3.20. The SMILES string of the molecule is Cc1cccc(Cn2cc(NC(=O)c3cc(S(=O)(=O)N4CCCCC4)c(Cl)cc3Cl)cn2)c1. The van der Waals surface area contributed by atoms with Crippen LogP contribution in [-0.2, 0) is 16.6 Å². The van der Waals surface area contributed by atoms with Crippen LogP contribution in [0.3, 0.4) is 0 Å². The fourth-order valence-electron chi connectivity index (χ4n) is 3.86. The molecule has 10 heteroatoms. The minimum Gasteiger partial charge on any atom is -0.319 e. The molecular weight excluding hydrogens is 483 g/mol. The largest absolute Gasteiger partial charge is 0.319 e. The van der Waals surface area contributed by atoms with Crippen molar-refractivity contribution in [3.8, 4) is 0 Å². The molecule has 33 heavy (non-hydrogen) atoms. The predicted molar refractivity (Wildman–Crippen MR) is 130 cm³/mol. The molecule has 7 nitrogen and oxygen atoms in total. The van der Waals surface area contributed by atoms with E-state index >= 15 is 0 Å². The van der Waals surface area contributed by atoms with Gasteiger partial charge in [0.05, 0.1) is 34.0 Å². The second-order valence-electron chi connectivity index (χ2n) is 8.10. The van der Waals surface area contributed by atoms with Crippen molar-refractivity contribution in [2.24, 2.45) is 0 Å². The van der Waals surface area contributed by atoms with Crippen molar-refractivity contribution in [1.82, 2.24) is 14.1 Å². The van der Waals surface area contributed by atoms with Crippen LogP contribution < -0.4 is 5.32 Å². The smallest absolute Gasteiger partial charge is 0.257 e. The molecule has 1 saturated heterocycles. The highest BCUT2D eigenvalue weighted by atomic mass is 35.5. The van der Waals surface area contributed by atoms with E-state index < -0.39 is 15.9 Å². The molecule has 1 N–H and O–H groups in total. The zero-order chi connectivity index (χ0) is 23.6. The molecule has 0 radical (unpaired) electrons. The number of piperidine rings is 1. The van der Waals surface area contributed by atoms with Gasteiger partial charge in [-0.3, -0.25) is 9.48 Å². The lowest BCUT2D eigenvalue weighted by Crippen LogP contribution is -2.35. The molecule has 1 aliphatic heterocycles. The first-order chi connectivity index (χ1) is 15.7. The maximum Gasteiger partial charge on any atom is 0.257 e. The van der Waals surface area contributed by atoms with Gasteiger partial charge < -0.3 is 5.32 Å². The van der Waals surface area contributed by atoms with E-state index in [1.807, 2.05) is 25.1 Å². The van der Waals surface area contributed by atoms with Crippen LogP contribution in [0.4, 0.5) is 5.69 Å². The van der Waals surface area contributed by atoms with Gasteiger partial charge in [-0.05, 0) is 37.5 Å². The highest BCUT2D eigenvalue weighted by Gasteiger charge is 2.29. The molecule has 0 atom stereocenters. The van der Waals surface area contributed by atoms with Crippen molar-refractivity contribution in [3.05, 3.63) is 75.5 Å². The first-order valence-corrected chi connectivity index (χ1v) is 12.8. The number of rotatable bonds is 6. The van der Waals surface area contributed by atoms with E-state index in [2.05, 4.69) is 16.5 Å². The van der Waals surface area contributed by atoms with E-state index in [1.54, 1.807) is 10.9 Å². The summed E-state index contributed by atoms with van der Waals surface area (Å²) in [4.78, 5) is 12.8. The number of anilines is 1. The third-order valence-corrected chi connectivity index (χ3v) is 8.19. The molecule has 1 aliphatic rings. The van der Waals surface area contributed by atoms with Crippen molar-refractivity contribution in [1.29, 1.82) is 0 Å². The molecule has 4 rings (SSSR count). The highest BCUT2D eigenvalue weighted by Crippen LogP contribution is 2.32. The van der Waals surface area contributed by atoms with Crippen LogP contribution in [0.5, 0.6) is 0 Å². The fraction of sp³-hybridized carbons (Fsp3) is 0.304. The minimum absolute atomic E-state index is 0.00639. The number of sulfonamides is 1. The number of carbonyl (C=O) groups excluding carboxylic acids is 1. The van der Waals surface area contributed by atoms with Crippen LogP contribution in [0.2, 0.25) is 10.0 Å². The molecule has 0 spiro atoms. The van der Waals surface area contributed by atoms with E-state index in [9.17, 15) is 13.2 Å². The van der Waals surface area contributed by atoms with Gasteiger partial charge in [-0.15, -0.1) is 0 Å². The van der Waals surface area contributed by atoms with E-state index in [4.69, 9.17) is 23.2 Å². The van der Waals surface area contributed by atoms with E-state index in [0.717, 1.165) is 30.4 Å². The van der Waals surface area contributed by atoms with Crippen molar-refractivity contribution in [2.75, 3.05) is 18.4 Å². The molecule has 2 aromatic carbocycles. The van der Waals surface area contributed by atoms with Gasteiger partial charge in [0, 0.05) is 19.3 Å². The number of aryl methyl sites for hydroxylation is 1. The number of aromatic nitrogens is 2. The summed E-state index contributed by atoms with van der Waals surface area (Å²) in [5.74, 6) is -0.540. The van der Waals surface area contributed by atoms with Crippen molar-refractivity contribution in [2.45, 2.75) is 37.6 Å². The molecule has 0 saturated carbocycles. The number of benzene rings is 2. The quantitative estimate of drug-likeness (QED) is 0.511. The summed E-state index contributed by atoms with van der Waals surface area (Å²) < 4.78 is 29.3. The van der Waals surface area contributed by atoms with Crippen molar-refractivity contribution < 1.29 is 13.2 Å². The lowest BCUT2D eigenvalue weighted by Gasteiger charge is -2.26. The maximum absolute atomic E-state index is 13.1. The number of halogens is 2. The number of hydrogen-bond donors (Lipinski definition) is 1. The third kappa shape index (κ3) is 5.41. The van der Waals surface area contributed by atoms with Gasteiger partial charge >= 0.3 is 0 Å². The predicted octanol–water partition coefficient (Wildman–Crippen LogP) is 4.97. The summed E-state index contributed by atoms with van der Waals surface area (Å²) in [6.45, 7) is 3.44. The molecule has 1 fully saturated rings. The van der Waals surface area contributed by atoms with Gasteiger partial charge in [-0.25, -0.2) is 8.42 Å². The van der Waals surface area contributed by atoms with Gasteiger partial charge in [0.25, 0.3) is 5.91 Å². The molecule has 1 aromatic heterocycles. The van der Waals surface area contributed by atoms with Crippen molar-refractivity contribution in [3.63, 3.8) is 0 Å². The Labute approximate surface area is 203 Å². The molecule has 174 valence electrons. The van der Waals surface area contributed by atoms with E-state index in [1.165, 1.54) is 22.6 Å². The van der Waals surface area contributed by atoms with Crippen LogP contribution >= 0.6 is 23.2 Å². The number of carbonyl (C=O) groups is 1. The first-order valence-electron chi connectivity index (χ1n) is 10.6. The molecule has 3 aromatic rings. The lowest BCUT2D eigenvalue weighted by molar-refractivity contribution is 0.102. The normalized spacial score (nSPS) is 14.9. The zero-order valence-corrected chi connectivity index (χ0v) is 20.4. The number of nitrogens with one attached hydrogen (secondary N) is 1. The Morgan fingerprint density at radius 3 is 2.58 bits per heavy atom. The van der Waals surface area contributed by atoms with Gasteiger partial charge in [0.1, 0.15) is 4.90 Å². The molecule has 1 amide bonds. The van der Waals surface area contributed by atoms with Crippen molar-refractivity contribution >= 4 is 44.8 Å². The number of nitrogens with zero attached hydrogens (tertiary/aromatic N) is 3. The average molecular weight is 507 g/mol. The number of hydrogen-bond acceptors (Lipinski definition) is 4. The summed E-state index contributed by atoms with van der Waals surface area (Å²) in [7, 11) is -3.83. The van der Waals surface area contributed by atoms with Gasteiger partial charge in [-0.1, -0.05) is 59.5 Å². The Bertz CT molecular complexity index is 1280. The minimum atomic E-state index is -3.83. The van der Waals surface area contributed by atoms with Gasteiger partial charge in [-0.2, -0.15) is 9.40 Å². The molecule has 0 aliphatic carbocycles. The fourth-order valence-corrected chi connectivity index (χ4v) is 6.21. The second-order valence-corrected chi connectivity index (χ2v) is 10.8. The van der Waals surface area contributed by atoms with Crippen LogP contribution in [0, 0.1) is 6.92 Å². The monoisotopic (exact) mass is 506 g/mol. The van der Waals surface area contributed by atoms with E-state index in [0.29, 0.717) is 25.3 Å². The van der Waals surface area contributed by atoms with Crippen LogP contribution in [-0.4, -0.2) is 41.5 Å². The second kappa shape index (κ2) is 9.85. The Hall–Kier alpha value is -2.39. The lowest BCUT2D eigenvalue weighted by atomic mass is 10.1. The first kappa shape index (κ1) is 23.8. The third-order valence-electron chi connectivity index (χ3n) is 5.52. The molecule has 0 unspecified atom stereocenters. The standard InChI is InChI=1S/C23H24Cl2N4O3S/c1-16-6-5-7-17(10-16)14-28-15-18(13-26-28)27-23(30)19-11-22(21(25)12-20(19)24)33(31,32)29-8-3-2-4-9-29/h5-7,10-13,15H,2-4,8-9,14H2,1H3,(H,27,30). The Kier molecular flexibility index (Phi) is 7.09. The Morgan fingerprint density at radius 1 is 1.09 bits per heavy atom. The summed E-state index contributed by atoms with van der Waals surface area (Å²) >= 11 is 12.5. The Balaban J connectivity index is 1.54. The Morgan fingerprint density at radius 2 is 1.85 bits per heavy atom. The number of amides is 1. The van der Waals surface area contributed by atoms with E-state index in [-0.39, 0.29) is 20.5 Å². The van der Waals surface area contributed by atoms with Crippen LogP contribution in [0.1, 0.15) is 40.7 Å². The van der Waals surface area contributed by atoms with Crippen LogP contribution in [0.15, 0.2) is 53.7 Å². The topological polar surface area (TPSA) is 84.3 Å². The summed E-state index contributed by atoms with van der Waals surface area (Å²) in [5, 5.41) is 7.09. The highest BCUT2D eigenvalue weighted by molar-refractivity contribution is 7.89. The molecule has 2 heterocycles. The zero-order valence-electron chi connectivity index (χ0n) is 18.1. The maximum atomic E-state index is 13.1. The van der Waals surface area contributed by atoms with Gasteiger partial charge in [0.15, 0.2) is 0 Å². The van der Waals surface area contributed by atoms with Crippen LogP contribution in [0.25, 0.3) is 0 Å². The summed E-state index contributed by atoms with van der Waals surface area (Å²) in [5.41, 5.74) is 2.74.